The highest BCUT2D eigenvalue weighted by Gasteiger charge is 2.10. The number of nitrogens with one attached hydrogen (secondary N) is 2. The lowest BCUT2D eigenvalue weighted by atomic mass is 10.3. The number of rotatable bonds is 4. The van der Waals surface area contributed by atoms with Crippen LogP contribution in [0.4, 0.5) is 0 Å². The third-order valence-corrected chi connectivity index (χ3v) is 2.30. The van der Waals surface area contributed by atoms with Crippen molar-refractivity contribution in [1.29, 1.82) is 0 Å². The summed E-state index contributed by atoms with van der Waals surface area (Å²) in [5.41, 5.74) is 1.64. The van der Waals surface area contributed by atoms with Crippen LogP contribution in [-0.4, -0.2) is 45.5 Å². The minimum Gasteiger partial charge on any atom is -0.461 e. The Labute approximate surface area is 141 Å². The molecule has 0 amide bonds. The lowest BCUT2D eigenvalue weighted by molar-refractivity contribution is 0.0509. The van der Waals surface area contributed by atoms with E-state index in [1.54, 1.807) is 33.0 Å². The van der Waals surface area contributed by atoms with Crippen molar-refractivity contribution in [3.63, 3.8) is 0 Å². The largest absolute Gasteiger partial charge is 0.461 e. The van der Waals surface area contributed by atoms with Crippen molar-refractivity contribution in [2.24, 2.45) is 0 Å². The van der Waals surface area contributed by atoms with Gasteiger partial charge < -0.3 is 9.47 Å². The zero-order chi connectivity index (χ0) is 18.4. The van der Waals surface area contributed by atoms with Crippen LogP contribution in [-0.2, 0) is 9.47 Å². The Hall–Kier alpha value is -2.64. The topological polar surface area (TPSA) is 110 Å². The predicted octanol–water partition coefficient (Wildman–Crippen LogP) is 2.90. The highest BCUT2D eigenvalue weighted by molar-refractivity contribution is 5.88. The monoisotopic (exact) mass is 338 g/mol. The average Bonchev–Trinajstić information content (AvgIpc) is 3.20. The number of aryl methyl sites for hydroxylation is 1. The summed E-state index contributed by atoms with van der Waals surface area (Å²) in [6.07, 6.45) is 4.35. The number of nitrogens with zero attached hydrogens (tertiary/aromatic N) is 2. The van der Waals surface area contributed by atoms with Gasteiger partial charge in [0.25, 0.3) is 0 Å². The number of esters is 2. The number of carbonyl (C=O) groups excluding carboxylic acids is 2. The molecule has 0 spiro atoms. The van der Waals surface area contributed by atoms with Crippen molar-refractivity contribution in [2.75, 3.05) is 13.2 Å². The number of hydrogen-bond donors (Lipinski definition) is 2. The molecule has 2 aromatic rings. The Bertz CT molecular complexity index is 579. The smallest absolute Gasteiger partial charge is 0.356 e. The molecule has 0 atom stereocenters. The summed E-state index contributed by atoms with van der Waals surface area (Å²) in [4.78, 5) is 21.8. The van der Waals surface area contributed by atoms with Crippen LogP contribution in [0, 0.1) is 6.92 Å². The minimum atomic E-state index is -0.361. The predicted molar refractivity (Wildman–Crippen MR) is 89.8 cm³/mol. The minimum absolute atomic E-state index is 0.345. The fourth-order valence-corrected chi connectivity index (χ4v) is 1.33. The van der Waals surface area contributed by atoms with Gasteiger partial charge in [-0.15, -0.1) is 0 Å². The van der Waals surface area contributed by atoms with E-state index in [0.717, 1.165) is 5.56 Å². The molecule has 2 aromatic heterocycles. The molecule has 0 fully saturated rings. The van der Waals surface area contributed by atoms with Crippen molar-refractivity contribution < 1.29 is 19.1 Å². The van der Waals surface area contributed by atoms with Crippen molar-refractivity contribution in [2.45, 2.75) is 41.0 Å². The van der Waals surface area contributed by atoms with Crippen molar-refractivity contribution in [3.05, 3.63) is 35.4 Å². The Morgan fingerprint density at radius 3 is 2.00 bits per heavy atom. The van der Waals surface area contributed by atoms with E-state index in [0.29, 0.717) is 24.6 Å². The van der Waals surface area contributed by atoms with Gasteiger partial charge in [-0.25, -0.2) is 9.59 Å². The van der Waals surface area contributed by atoms with Crippen LogP contribution >= 0.6 is 0 Å². The van der Waals surface area contributed by atoms with Crippen LogP contribution in [0.25, 0.3) is 0 Å². The standard InChI is InChI=1S/C7H10N2O2.C6H8N2O2.C3H8/c1-3-11-7(10)6-5(2)4-8-9-6;1-2-10-6(9)5-3-4-7-8-5;1-3-2/h4H,3H2,1-2H3,(H,8,9);3-4H,2H2,1H3,(H,7,8);3H2,1-2H3. The third-order valence-electron chi connectivity index (χ3n) is 2.30. The van der Waals surface area contributed by atoms with Gasteiger partial charge in [-0.3, -0.25) is 10.2 Å². The Balaban J connectivity index is 0.000000381. The van der Waals surface area contributed by atoms with Gasteiger partial charge in [0.2, 0.25) is 0 Å². The van der Waals surface area contributed by atoms with Gasteiger partial charge in [0.05, 0.1) is 19.4 Å². The van der Waals surface area contributed by atoms with E-state index in [9.17, 15) is 9.59 Å². The molecule has 8 heteroatoms. The third kappa shape index (κ3) is 8.11. The lowest BCUT2D eigenvalue weighted by Crippen LogP contribution is -2.06. The summed E-state index contributed by atoms with van der Waals surface area (Å²) in [5.74, 6) is -0.706. The van der Waals surface area contributed by atoms with Gasteiger partial charge in [-0.05, 0) is 26.8 Å². The number of H-pyrrole nitrogens is 2. The molecule has 0 unspecified atom stereocenters. The highest BCUT2D eigenvalue weighted by atomic mass is 16.5. The fraction of sp³-hybridized carbons (Fsp3) is 0.500. The molecule has 2 rings (SSSR count). The molecule has 0 saturated carbocycles. The first-order valence-electron chi connectivity index (χ1n) is 7.85. The molecular weight excluding hydrogens is 312 g/mol. The average molecular weight is 338 g/mol. The molecule has 2 N–H and O–H groups in total. The SMILES string of the molecule is CCC.CCOC(=O)c1[nH]ncc1C.CCOC(=O)c1ccn[nH]1. The van der Waals surface area contributed by atoms with Crippen LogP contribution in [0.15, 0.2) is 18.5 Å². The van der Waals surface area contributed by atoms with Crippen LogP contribution in [0.2, 0.25) is 0 Å². The molecule has 0 radical (unpaired) electrons. The first-order valence-corrected chi connectivity index (χ1v) is 7.85. The zero-order valence-corrected chi connectivity index (χ0v) is 14.9. The van der Waals surface area contributed by atoms with Gasteiger partial charge in [-0.1, -0.05) is 20.3 Å². The zero-order valence-electron chi connectivity index (χ0n) is 14.9. The van der Waals surface area contributed by atoms with Crippen molar-refractivity contribution >= 4 is 11.9 Å². The van der Waals surface area contributed by atoms with E-state index < -0.39 is 0 Å². The van der Waals surface area contributed by atoms with Crippen LogP contribution in [0.3, 0.4) is 0 Å². The summed E-state index contributed by atoms with van der Waals surface area (Å²) < 4.78 is 9.43. The molecule has 0 bridgehead atoms. The normalized spacial score (nSPS) is 9.04. The first kappa shape index (κ1) is 21.4. The summed E-state index contributed by atoms with van der Waals surface area (Å²) >= 11 is 0. The van der Waals surface area contributed by atoms with E-state index in [-0.39, 0.29) is 11.9 Å². The molecule has 0 aromatic carbocycles. The Morgan fingerprint density at radius 1 is 1.00 bits per heavy atom. The Kier molecular flexibility index (Phi) is 11.4. The van der Waals surface area contributed by atoms with Crippen LogP contribution in [0.1, 0.15) is 60.7 Å². The maximum atomic E-state index is 11.0. The molecule has 0 aliphatic heterocycles. The van der Waals surface area contributed by atoms with Gasteiger partial charge in [0.1, 0.15) is 11.4 Å². The highest BCUT2D eigenvalue weighted by Crippen LogP contribution is 2.03. The molecule has 0 aliphatic rings. The summed E-state index contributed by atoms with van der Waals surface area (Å²) in [6, 6.07) is 1.57. The quantitative estimate of drug-likeness (QED) is 0.829. The van der Waals surface area contributed by atoms with Gasteiger partial charge in [0.15, 0.2) is 0 Å². The van der Waals surface area contributed by atoms with Gasteiger partial charge >= 0.3 is 11.9 Å². The molecule has 0 aliphatic carbocycles. The number of carbonyl (C=O) groups is 2. The Morgan fingerprint density at radius 2 is 1.58 bits per heavy atom. The van der Waals surface area contributed by atoms with E-state index >= 15 is 0 Å². The molecule has 0 saturated heterocycles. The molecular formula is C16H26N4O4. The summed E-state index contributed by atoms with van der Waals surface area (Å²) in [6.45, 7) is 10.3. The van der Waals surface area contributed by atoms with Crippen LogP contribution in [0.5, 0.6) is 0 Å². The van der Waals surface area contributed by atoms with Crippen molar-refractivity contribution in [1.82, 2.24) is 20.4 Å². The van der Waals surface area contributed by atoms with E-state index in [2.05, 4.69) is 39.0 Å². The second kappa shape index (κ2) is 12.9. The second-order valence-corrected chi connectivity index (χ2v) is 4.55. The maximum Gasteiger partial charge on any atom is 0.356 e. The number of ether oxygens (including phenoxy) is 2. The molecule has 134 valence electrons. The van der Waals surface area contributed by atoms with Crippen LogP contribution < -0.4 is 0 Å². The molecule has 2 heterocycles. The fourth-order valence-electron chi connectivity index (χ4n) is 1.33. The van der Waals surface area contributed by atoms with Gasteiger partial charge in [-0.2, -0.15) is 10.2 Å². The van der Waals surface area contributed by atoms with E-state index in [1.165, 1.54) is 12.6 Å². The number of aromatic amines is 2. The summed E-state index contributed by atoms with van der Waals surface area (Å²) in [7, 11) is 0. The number of hydrogen-bond acceptors (Lipinski definition) is 6. The van der Waals surface area contributed by atoms with Crippen molar-refractivity contribution in [3.8, 4) is 0 Å². The number of aromatic nitrogens is 4. The summed E-state index contributed by atoms with van der Waals surface area (Å²) in [5, 5.41) is 12.4. The van der Waals surface area contributed by atoms with Gasteiger partial charge in [0, 0.05) is 11.8 Å². The van der Waals surface area contributed by atoms with E-state index in [1.807, 2.05) is 0 Å². The molecule has 8 nitrogen and oxygen atoms in total. The lowest BCUT2D eigenvalue weighted by Gasteiger charge is -1.97. The van der Waals surface area contributed by atoms with E-state index in [4.69, 9.17) is 4.74 Å². The first-order chi connectivity index (χ1) is 11.5. The maximum absolute atomic E-state index is 11.0. The molecule has 24 heavy (non-hydrogen) atoms. The second-order valence-electron chi connectivity index (χ2n) is 4.55.